The van der Waals surface area contributed by atoms with Crippen LogP contribution in [-0.2, 0) is 11.8 Å². The van der Waals surface area contributed by atoms with Gasteiger partial charge in [0.05, 0.1) is 29.3 Å². The summed E-state index contributed by atoms with van der Waals surface area (Å²) in [5.41, 5.74) is 9.87. The van der Waals surface area contributed by atoms with Crippen LogP contribution in [0.4, 0.5) is 10.2 Å². The summed E-state index contributed by atoms with van der Waals surface area (Å²) in [6, 6.07) is 3.46. The first-order chi connectivity index (χ1) is 18.3. The number of hydrogen-bond donors (Lipinski definition) is 2. The molecule has 0 radical (unpaired) electrons. The van der Waals surface area contributed by atoms with Gasteiger partial charge in [0, 0.05) is 42.4 Å². The van der Waals surface area contributed by atoms with Crippen molar-refractivity contribution >= 4 is 23.2 Å². The number of Topliss-reactive ketones (excluding diaryl/α,β-unsaturated/α-hetero) is 1. The second kappa shape index (κ2) is 8.98. The maximum atomic E-state index is 14.2. The second-order valence-corrected chi connectivity index (χ2v) is 10.1. The third-order valence-corrected chi connectivity index (χ3v) is 7.71. The molecule has 0 saturated carbocycles. The number of fused-ring (bicyclic) bond motifs is 3. The summed E-state index contributed by atoms with van der Waals surface area (Å²) < 4.78 is 17.0. The number of nitrogens with zero attached hydrogens (tertiary/aromatic N) is 7. The molecule has 4 aromatic heterocycles. The fourth-order valence-corrected chi connectivity index (χ4v) is 6.11. The van der Waals surface area contributed by atoms with Crippen LogP contribution in [0.15, 0.2) is 30.7 Å². The predicted octanol–water partition coefficient (Wildman–Crippen LogP) is 2.34. The summed E-state index contributed by atoms with van der Waals surface area (Å²) in [7, 11) is 1.64. The largest absolute Gasteiger partial charge is 0.387 e. The lowest BCUT2D eigenvalue weighted by Crippen LogP contribution is -2.47. The molecule has 2 saturated heterocycles. The van der Waals surface area contributed by atoms with E-state index in [-0.39, 0.29) is 41.2 Å². The Bertz CT molecular complexity index is 1560. The van der Waals surface area contributed by atoms with E-state index in [4.69, 9.17) is 10.7 Å². The maximum Gasteiger partial charge on any atom is 0.248 e. The molecule has 38 heavy (non-hydrogen) atoms. The van der Waals surface area contributed by atoms with E-state index in [0.717, 1.165) is 12.8 Å². The smallest absolute Gasteiger partial charge is 0.248 e. The third kappa shape index (κ3) is 3.74. The van der Waals surface area contributed by atoms with Crippen molar-refractivity contribution in [3.8, 4) is 22.5 Å². The van der Waals surface area contributed by atoms with E-state index in [2.05, 4.69) is 15.2 Å². The fraction of sp³-hybridized carbons (Fsp3) is 0.385. The average Bonchev–Trinajstić information content (AvgIpc) is 3.56. The van der Waals surface area contributed by atoms with Gasteiger partial charge in [-0.3, -0.25) is 19.3 Å². The van der Waals surface area contributed by atoms with Crippen LogP contribution in [0.3, 0.4) is 0 Å². The predicted molar refractivity (Wildman–Crippen MR) is 136 cm³/mol. The quantitative estimate of drug-likeness (QED) is 0.383. The molecule has 0 spiro atoms. The first kappa shape index (κ1) is 24.2. The zero-order valence-electron chi connectivity index (χ0n) is 21.0. The highest BCUT2D eigenvalue weighted by atomic mass is 19.1. The fourth-order valence-electron chi connectivity index (χ4n) is 6.11. The first-order valence-electron chi connectivity index (χ1n) is 12.5. The molecule has 6 rings (SSSR count). The number of aromatic nitrogens is 6. The number of nitrogens with two attached hydrogens (primary N) is 1. The zero-order valence-corrected chi connectivity index (χ0v) is 21.0. The molecule has 2 aliphatic heterocycles. The molecule has 2 bridgehead atoms. The van der Waals surface area contributed by atoms with Crippen molar-refractivity contribution in [2.75, 3.05) is 12.3 Å². The normalized spacial score (nSPS) is 20.8. The monoisotopic (exact) mass is 518 g/mol. The van der Waals surface area contributed by atoms with Gasteiger partial charge in [-0.05, 0) is 38.7 Å². The number of piperidine rings is 1. The Labute approximate surface area is 217 Å². The van der Waals surface area contributed by atoms with Crippen LogP contribution in [0.1, 0.15) is 54.6 Å². The summed E-state index contributed by atoms with van der Waals surface area (Å²) in [4.78, 5) is 36.2. The molecule has 11 nitrogen and oxygen atoms in total. The Hall–Kier alpha value is -4.19. The molecule has 0 aliphatic carbocycles. The Morgan fingerprint density at radius 3 is 2.50 bits per heavy atom. The van der Waals surface area contributed by atoms with Gasteiger partial charge in [-0.25, -0.2) is 9.37 Å². The van der Waals surface area contributed by atoms with Crippen LogP contribution in [0.25, 0.3) is 28.2 Å². The van der Waals surface area contributed by atoms with Crippen LogP contribution in [0.2, 0.25) is 0 Å². The molecule has 4 aromatic rings. The summed E-state index contributed by atoms with van der Waals surface area (Å²) in [5, 5.41) is 17.9. The van der Waals surface area contributed by atoms with Gasteiger partial charge >= 0.3 is 0 Å². The lowest BCUT2D eigenvalue weighted by Gasteiger charge is -2.39. The van der Waals surface area contributed by atoms with Crippen LogP contribution >= 0.6 is 0 Å². The molecule has 2 fully saturated rings. The highest BCUT2D eigenvalue weighted by Crippen LogP contribution is 2.44. The summed E-state index contributed by atoms with van der Waals surface area (Å²) in [6.45, 7) is 0.956. The number of halogens is 1. The molecule has 6 heterocycles. The standard InChI is InChI=1S/C26H27FN8O3/c1-13(37)22-23(15-7-16-4-5-17(8-15)34(16)21(38)12-36)31-26-18(10-30-35(26)25(22)28)14-3-6-20(29-9-14)24-19(27)11-33(2)32-24/h3,6,9-11,15-17,36H,4-5,7-8,12,28H2,1-2H3/t15-,16-,17+. The number of hydrogen-bond acceptors (Lipinski definition) is 8. The van der Waals surface area contributed by atoms with Crippen molar-refractivity contribution < 1.29 is 19.1 Å². The van der Waals surface area contributed by atoms with E-state index in [1.807, 2.05) is 0 Å². The number of pyridine rings is 1. The first-order valence-corrected chi connectivity index (χ1v) is 12.5. The van der Waals surface area contributed by atoms with Gasteiger partial charge in [0.1, 0.15) is 18.1 Å². The zero-order chi connectivity index (χ0) is 26.7. The van der Waals surface area contributed by atoms with Crippen molar-refractivity contribution in [3.05, 3.63) is 47.8 Å². The van der Waals surface area contributed by atoms with Gasteiger partial charge in [0.2, 0.25) is 5.91 Å². The van der Waals surface area contributed by atoms with Gasteiger partial charge in [-0.2, -0.15) is 14.7 Å². The summed E-state index contributed by atoms with van der Waals surface area (Å²) in [6.07, 6.45) is 7.50. The molecule has 3 N–H and O–H groups in total. The number of aliphatic hydroxyl groups excluding tert-OH is 1. The van der Waals surface area contributed by atoms with Crippen LogP contribution in [0, 0.1) is 5.82 Å². The van der Waals surface area contributed by atoms with Gasteiger partial charge in [-0.1, -0.05) is 6.07 Å². The number of carbonyl (C=O) groups is 2. The van der Waals surface area contributed by atoms with Crippen LogP contribution < -0.4 is 5.73 Å². The molecule has 0 unspecified atom stereocenters. The number of anilines is 1. The topological polar surface area (TPSA) is 145 Å². The van der Waals surface area contributed by atoms with Gasteiger partial charge in [0.25, 0.3) is 0 Å². The number of ketones is 1. The molecular weight excluding hydrogens is 491 g/mol. The van der Waals surface area contributed by atoms with E-state index >= 15 is 0 Å². The summed E-state index contributed by atoms with van der Waals surface area (Å²) >= 11 is 0. The van der Waals surface area contributed by atoms with Crippen LogP contribution in [0.5, 0.6) is 0 Å². The minimum atomic E-state index is -0.507. The molecule has 3 atom stereocenters. The number of nitrogen functional groups attached to an aromatic ring is 1. The minimum Gasteiger partial charge on any atom is -0.387 e. The van der Waals surface area contributed by atoms with Crippen LogP contribution in [-0.4, -0.2) is 69.7 Å². The second-order valence-electron chi connectivity index (χ2n) is 10.1. The Morgan fingerprint density at radius 1 is 1.18 bits per heavy atom. The lowest BCUT2D eigenvalue weighted by molar-refractivity contribution is -0.138. The van der Waals surface area contributed by atoms with Gasteiger partial charge in [0.15, 0.2) is 17.2 Å². The highest BCUT2D eigenvalue weighted by molar-refractivity contribution is 6.00. The SMILES string of the molecule is CC(=O)c1c([C@@H]2C[C@H]3CC[C@@H](C2)N3C(=O)CO)nc2c(-c3ccc(-c4nn(C)cc4F)nc3)cnn2c1N. The van der Waals surface area contributed by atoms with Gasteiger partial charge in [-0.15, -0.1) is 0 Å². The number of amides is 1. The van der Waals surface area contributed by atoms with Crippen molar-refractivity contribution in [3.63, 3.8) is 0 Å². The lowest BCUT2D eigenvalue weighted by atomic mass is 9.85. The highest BCUT2D eigenvalue weighted by Gasteiger charge is 2.44. The molecule has 12 heteroatoms. The third-order valence-electron chi connectivity index (χ3n) is 7.71. The number of aliphatic hydroxyl groups is 1. The van der Waals surface area contributed by atoms with Crippen molar-refractivity contribution in [1.29, 1.82) is 0 Å². The molecular formula is C26H27FN8O3. The van der Waals surface area contributed by atoms with E-state index in [9.17, 15) is 19.1 Å². The maximum absolute atomic E-state index is 14.2. The number of carbonyl (C=O) groups excluding carboxylic acids is 2. The Kier molecular flexibility index (Phi) is 5.71. The van der Waals surface area contributed by atoms with E-state index in [1.165, 1.54) is 22.3 Å². The number of aryl methyl sites for hydroxylation is 1. The Balaban J connectivity index is 1.41. The summed E-state index contributed by atoms with van der Waals surface area (Å²) in [5.74, 6) is -0.777. The molecule has 1 amide bonds. The van der Waals surface area contributed by atoms with E-state index in [1.54, 1.807) is 36.5 Å². The molecule has 2 aliphatic rings. The molecule has 0 aromatic carbocycles. The van der Waals surface area contributed by atoms with E-state index in [0.29, 0.717) is 46.6 Å². The minimum absolute atomic E-state index is 0.00873. The average molecular weight is 519 g/mol. The van der Waals surface area contributed by atoms with Crippen molar-refractivity contribution in [2.45, 2.75) is 50.6 Å². The Morgan fingerprint density at radius 2 is 1.92 bits per heavy atom. The van der Waals surface area contributed by atoms with E-state index < -0.39 is 12.4 Å². The van der Waals surface area contributed by atoms with Gasteiger partial charge < -0.3 is 15.7 Å². The molecule has 196 valence electrons. The van der Waals surface area contributed by atoms with Crippen molar-refractivity contribution in [2.24, 2.45) is 7.05 Å². The number of rotatable bonds is 5. The van der Waals surface area contributed by atoms with Crippen molar-refractivity contribution in [1.82, 2.24) is 34.3 Å².